The molecule has 5 nitrogen and oxygen atoms in total. The van der Waals surface area contributed by atoms with Gasteiger partial charge in [-0.2, -0.15) is 4.31 Å². The highest BCUT2D eigenvalue weighted by Gasteiger charge is 2.39. The maximum atomic E-state index is 13.3. The largest absolute Gasteiger partial charge is 0.351 e. The van der Waals surface area contributed by atoms with Crippen LogP contribution in [0.2, 0.25) is 0 Å². The van der Waals surface area contributed by atoms with E-state index < -0.39 is 16.1 Å². The van der Waals surface area contributed by atoms with E-state index in [4.69, 9.17) is 0 Å². The second-order valence-electron chi connectivity index (χ2n) is 7.06. The minimum atomic E-state index is -3.81. The third-order valence-electron chi connectivity index (χ3n) is 5.17. The number of carbonyl (C=O) groups is 1. The zero-order valence-electron chi connectivity index (χ0n) is 15.9. The van der Waals surface area contributed by atoms with Crippen LogP contribution in [0, 0.1) is 0 Å². The number of benzene rings is 3. The first-order valence-corrected chi connectivity index (χ1v) is 10.9. The normalized spacial score (nSPS) is 16.8. The molecule has 1 atom stereocenters. The molecule has 0 spiro atoms. The third kappa shape index (κ3) is 4.09. The minimum absolute atomic E-state index is 0.177. The molecule has 0 fully saturated rings. The number of hydrogen-bond donors (Lipinski definition) is 1. The van der Waals surface area contributed by atoms with Gasteiger partial charge in [-0.3, -0.25) is 4.79 Å². The number of carbonyl (C=O) groups excluding carboxylic acids is 1. The molecule has 0 aliphatic carbocycles. The highest BCUT2D eigenvalue weighted by molar-refractivity contribution is 7.89. The Morgan fingerprint density at radius 1 is 0.862 bits per heavy atom. The molecule has 0 bridgehead atoms. The molecule has 29 heavy (non-hydrogen) atoms. The summed E-state index contributed by atoms with van der Waals surface area (Å²) >= 11 is 0. The first-order valence-electron chi connectivity index (χ1n) is 9.51. The van der Waals surface area contributed by atoms with Crippen LogP contribution in [-0.4, -0.2) is 24.7 Å². The number of nitrogens with zero attached hydrogens (tertiary/aromatic N) is 1. The van der Waals surface area contributed by atoms with Crippen molar-refractivity contribution in [3.63, 3.8) is 0 Å². The van der Waals surface area contributed by atoms with Crippen LogP contribution in [0.15, 0.2) is 89.8 Å². The maximum absolute atomic E-state index is 13.3. The average Bonchev–Trinajstić information content (AvgIpc) is 2.78. The fourth-order valence-corrected chi connectivity index (χ4v) is 5.19. The minimum Gasteiger partial charge on any atom is -0.351 e. The zero-order valence-corrected chi connectivity index (χ0v) is 16.7. The second kappa shape index (κ2) is 8.19. The molecule has 1 heterocycles. The fraction of sp³-hybridized carbons (Fsp3) is 0.174. The lowest BCUT2D eigenvalue weighted by Gasteiger charge is -2.35. The molecule has 1 aliphatic rings. The van der Waals surface area contributed by atoms with Crippen LogP contribution in [0.5, 0.6) is 0 Å². The van der Waals surface area contributed by atoms with E-state index in [9.17, 15) is 13.2 Å². The molecule has 6 heteroatoms. The van der Waals surface area contributed by atoms with E-state index in [1.165, 1.54) is 4.31 Å². The Balaban J connectivity index is 1.64. The van der Waals surface area contributed by atoms with Crippen LogP contribution >= 0.6 is 0 Å². The van der Waals surface area contributed by atoms with Crippen molar-refractivity contribution in [1.82, 2.24) is 9.62 Å². The number of rotatable bonds is 5. The van der Waals surface area contributed by atoms with E-state index in [1.54, 1.807) is 30.3 Å². The molecule has 148 valence electrons. The van der Waals surface area contributed by atoms with Crippen LogP contribution in [0.4, 0.5) is 0 Å². The first-order chi connectivity index (χ1) is 14.1. The standard InChI is InChI=1S/C23H22N2O3S/c26-23(24-16-18-9-3-1-4-10-18)22-15-19-11-7-8-12-20(19)17-25(22)29(27,28)21-13-5-2-6-14-21/h1-14,22H,15-17H2,(H,24,26)/t22-/m0/s1. The molecule has 0 aromatic heterocycles. The van der Waals surface area contributed by atoms with Gasteiger partial charge in [0, 0.05) is 13.1 Å². The van der Waals surface area contributed by atoms with Gasteiger partial charge in [0.05, 0.1) is 4.90 Å². The molecule has 4 rings (SSSR count). The third-order valence-corrected chi connectivity index (χ3v) is 7.04. The van der Waals surface area contributed by atoms with E-state index in [1.807, 2.05) is 54.6 Å². The molecule has 1 N–H and O–H groups in total. The van der Waals surface area contributed by atoms with Gasteiger partial charge in [-0.05, 0) is 35.2 Å². The second-order valence-corrected chi connectivity index (χ2v) is 8.95. The van der Waals surface area contributed by atoms with Gasteiger partial charge in [0.2, 0.25) is 15.9 Å². The predicted molar refractivity (Wildman–Crippen MR) is 111 cm³/mol. The molecule has 3 aromatic rings. The van der Waals surface area contributed by atoms with Gasteiger partial charge >= 0.3 is 0 Å². The number of hydrogen-bond acceptors (Lipinski definition) is 3. The highest BCUT2D eigenvalue weighted by Crippen LogP contribution is 2.29. The summed E-state index contributed by atoms with van der Waals surface area (Å²) < 4.78 is 28.0. The lowest BCUT2D eigenvalue weighted by atomic mass is 9.95. The van der Waals surface area contributed by atoms with E-state index in [0.717, 1.165) is 16.7 Å². The molecule has 1 amide bonds. The summed E-state index contributed by atoms with van der Waals surface area (Å²) in [5.41, 5.74) is 2.90. The van der Waals surface area contributed by atoms with Gasteiger partial charge in [-0.15, -0.1) is 0 Å². The van der Waals surface area contributed by atoms with Crippen LogP contribution in [0.1, 0.15) is 16.7 Å². The number of amides is 1. The Labute approximate surface area is 171 Å². The molecule has 0 saturated carbocycles. The van der Waals surface area contributed by atoms with Crippen LogP contribution in [-0.2, 0) is 34.3 Å². The predicted octanol–water partition coefficient (Wildman–Crippen LogP) is 3.12. The highest BCUT2D eigenvalue weighted by atomic mass is 32.2. The first kappa shape index (κ1) is 19.4. The van der Waals surface area contributed by atoms with Crippen LogP contribution < -0.4 is 5.32 Å². The fourth-order valence-electron chi connectivity index (χ4n) is 3.61. The Morgan fingerprint density at radius 2 is 1.45 bits per heavy atom. The monoisotopic (exact) mass is 406 g/mol. The lowest BCUT2D eigenvalue weighted by Crippen LogP contribution is -2.52. The number of nitrogens with one attached hydrogen (secondary N) is 1. The summed E-state index contributed by atoms with van der Waals surface area (Å²) in [6.45, 7) is 0.536. The topological polar surface area (TPSA) is 66.5 Å². The summed E-state index contributed by atoms with van der Waals surface area (Å²) in [4.78, 5) is 13.2. The Morgan fingerprint density at radius 3 is 2.14 bits per heavy atom. The van der Waals surface area contributed by atoms with Gasteiger partial charge in [0.1, 0.15) is 6.04 Å². The van der Waals surface area contributed by atoms with Crippen molar-refractivity contribution in [3.05, 3.63) is 102 Å². The number of fused-ring (bicyclic) bond motifs is 1. The zero-order chi connectivity index (χ0) is 20.3. The quantitative estimate of drug-likeness (QED) is 0.708. The SMILES string of the molecule is O=C(NCc1ccccc1)[C@@H]1Cc2ccccc2CN1S(=O)(=O)c1ccccc1. The summed E-state index contributed by atoms with van der Waals surface area (Å²) in [6.07, 6.45) is 0.350. The van der Waals surface area contributed by atoms with Gasteiger partial charge in [0.25, 0.3) is 0 Å². The Kier molecular flexibility index (Phi) is 5.47. The molecular weight excluding hydrogens is 384 g/mol. The Hall–Kier alpha value is -2.96. The van der Waals surface area contributed by atoms with Gasteiger partial charge < -0.3 is 5.32 Å². The average molecular weight is 407 g/mol. The Bertz CT molecular complexity index is 1100. The van der Waals surface area contributed by atoms with Crippen LogP contribution in [0.25, 0.3) is 0 Å². The molecule has 1 aliphatic heterocycles. The maximum Gasteiger partial charge on any atom is 0.244 e. The molecule has 3 aromatic carbocycles. The van der Waals surface area contributed by atoms with Crippen molar-refractivity contribution in [3.8, 4) is 0 Å². The lowest BCUT2D eigenvalue weighted by molar-refractivity contribution is -0.125. The van der Waals surface area contributed by atoms with Crippen molar-refractivity contribution in [2.75, 3.05) is 0 Å². The molecular formula is C23H22N2O3S. The van der Waals surface area contributed by atoms with E-state index in [-0.39, 0.29) is 17.3 Å². The van der Waals surface area contributed by atoms with Crippen LogP contribution in [0.3, 0.4) is 0 Å². The van der Waals surface area contributed by atoms with Gasteiger partial charge in [-0.1, -0.05) is 72.8 Å². The van der Waals surface area contributed by atoms with E-state index in [2.05, 4.69) is 5.32 Å². The molecule has 0 radical (unpaired) electrons. The van der Waals surface area contributed by atoms with E-state index >= 15 is 0 Å². The molecule has 0 unspecified atom stereocenters. The van der Waals surface area contributed by atoms with Crippen molar-refractivity contribution in [2.45, 2.75) is 30.4 Å². The summed E-state index contributed by atoms with van der Waals surface area (Å²) in [5, 5.41) is 2.91. The summed E-state index contributed by atoms with van der Waals surface area (Å²) in [6, 6.07) is 24.7. The summed E-state index contributed by atoms with van der Waals surface area (Å²) in [7, 11) is -3.81. The summed E-state index contributed by atoms with van der Waals surface area (Å²) in [5.74, 6) is -0.289. The van der Waals surface area contributed by atoms with Crippen molar-refractivity contribution in [2.24, 2.45) is 0 Å². The van der Waals surface area contributed by atoms with Crippen molar-refractivity contribution < 1.29 is 13.2 Å². The van der Waals surface area contributed by atoms with Gasteiger partial charge in [0.15, 0.2) is 0 Å². The molecule has 0 saturated heterocycles. The van der Waals surface area contributed by atoms with Crippen molar-refractivity contribution in [1.29, 1.82) is 0 Å². The number of sulfonamides is 1. The smallest absolute Gasteiger partial charge is 0.244 e. The van der Waals surface area contributed by atoms with Crippen molar-refractivity contribution >= 4 is 15.9 Å². The van der Waals surface area contributed by atoms with Gasteiger partial charge in [-0.25, -0.2) is 8.42 Å². The van der Waals surface area contributed by atoms with E-state index in [0.29, 0.717) is 13.0 Å².